The Morgan fingerprint density at radius 3 is 1.48 bits per heavy atom. The highest BCUT2D eigenvalue weighted by atomic mass is 15.1. The van der Waals surface area contributed by atoms with Gasteiger partial charge in [-0.1, -0.05) is 153 Å². The third kappa shape index (κ3) is 4.42. The van der Waals surface area contributed by atoms with Gasteiger partial charge in [-0.25, -0.2) is 0 Å². The van der Waals surface area contributed by atoms with Crippen LogP contribution in [0.3, 0.4) is 0 Å². The zero-order chi connectivity index (χ0) is 29.9. The van der Waals surface area contributed by atoms with Crippen LogP contribution in [-0.4, -0.2) is 0 Å². The summed E-state index contributed by atoms with van der Waals surface area (Å²) in [6, 6.07) is 57.0. The lowest BCUT2D eigenvalue weighted by molar-refractivity contribution is 0.768. The van der Waals surface area contributed by atoms with Gasteiger partial charge in [0.1, 0.15) is 0 Å². The van der Waals surface area contributed by atoms with E-state index in [1.54, 1.807) is 6.08 Å². The lowest BCUT2D eigenvalue weighted by Gasteiger charge is -2.34. The van der Waals surface area contributed by atoms with Gasteiger partial charge in [-0.2, -0.15) is 0 Å². The highest BCUT2D eigenvalue weighted by molar-refractivity contribution is 5.87. The number of hydrogen-bond acceptors (Lipinski definition) is 1. The van der Waals surface area contributed by atoms with E-state index in [-0.39, 0.29) is 0 Å². The van der Waals surface area contributed by atoms with E-state index >= 15 is 0 Å². The summed E-state index contributed by atoms with van der Waals surface area (Å²) in [6.45, 7) is 7.83. The Hall–Kier alpha value is -5.66. The predicted molar refractivity (Wildman–Crippen MR) is 187 cm³/mol. The molecule has 1 aliphatic carbocycles. The van der Waals surface area contributed by atoms with Crippen LogP contribution in [0.5, 0.6) is 0 Å². The van der Waals surface area contributed by atoms with Crippen molar-refractivity contribution < 1.29 is 0 Å². The molecule has 6 aromatic carbocycles. The van der Waals surface area contributed by atoms with Crippen molar-refractivity contribution in [2.45, 2.75) is 5.41 Å². The Labute approximate surface area is 260 Å². The molecule has 0 heterocycles. The van der Waals surface area contributed by atoms with E-state index in [1.165, 1.54) is 33.4 Å². The molecule has 1 nitrogen and oxygen atoms in total. The van der Waals surface area contributed by atoms with Gasteiger partial charge in [0.05, 0.1) is 5.41 Å². The normalized spacial score (nSPS) is 13.0. The summed E-state index contributed by atoms with van der Waals surface area (Å²) in [4.78, 5) is 2.31. The molecule has 0 bridgehead atoms. The van der Waals surface area contributed by atoms with Crippen LogP contribution in [0, 0.1) is 0 Å². The zero-order valence-corrected chi connectivity index (χ0v) is 24.6. The van der Waals surface area contributed by atoms with Crippen molar-refractivity contribution in [1.29, 1.82) is 0 Å². The molecule has 0 N–H and O–H groups in total. The molecule has 0 saturated heterocycles. The van der Waals surface area contributed by atoms with E-state index in [0.29, 0.717) is 0 Å². The molecule has 0 aliphatic heterocycles. The van der Waals surface area contributed by atoms with Crippen LogP contribution < -0.4 is 4.90 Å². The molecular weight excluding hydrogens is 530 g/mol. The maximum atomic E-state index is 3.98. The molecule has 0 fully saturated rings. The van der Waals surface area contributed by atoms with Crippen molar-refractivity contribution in [2.75, 3.05) is 4.90 Å². The fraction of sp³-hybridized carbons (Fsp3) is 0.0233. The quantitative estimate of drug-likeness (QED) is 0.166. The molecule has 0 unspecified atom stereocenters. The van der Waals surface area contributed by atoms with Crippen molar-refractivity contribution in [3.05, 3.63) is 217 Å². The molecule has 0 amide bonds. The summed E-state index contributed by atoms with van der Waals surface area (Å²) in [5.41, 5.74) is 12.8. The first-order valence-electron chi connectivity index (χ1n) is 15.0. The molecule has 0 aromatic heterocycles. The van der Waals surface area contributed by atoms with Gasteiger partial charge in [-0.3, -0.25) is 0 Å². The van der Waals surface area contributed by atoms with E-state index in [4.69, 9.17) is 0 Å². The van der Waals surface area contributed by atoms with E-state index in [1.807, 2.05) is 12.2 Å². The van der Waals surface area contributed by atoms with Crippen LogP contribution in [0.2, 0.25) is 0 Å². The van der Waals surface area contributed by atoms with Crippen molar-refractivity contribution in [3.8, 4) is 11.1 Å². The molecule has 7 rings (SSSR count). The lowest BCUT2D eigenvalue weighted by Crippen LogP contribution is -2.28. The minimum atomic E-state index is -0.412. The standard InChI is InChI=1S/C43H33N/c1-3-15-32(4-2)33-24-28-37(29-25-33)44(36-18-9-6-10-19-36)38-30-26-35(27-31-38)43(34-16-7-5-8-17-34)41-22-13-11-20-39(41)40-21-12-14-23-42(40)43/h3-31H,1-2H2/b32-15+. The number of fused-ring (bicyclic) bond motifs is 3. The topological polar surface area (TPSA) is 3.24 Å². The summed E-state index contributed by atoms with van der Waals surface area (Å²) >= 11 is 0. The van der Waals surface area contributed by atoms with Crippen molar-refractivity contribution in [2.24, 2.45) is 0 Å². The molecule has 0 atom stereocenters. The largest absolute Gasteiger partial charge is 0.311 e. The van der Waals surface area contributed by atoms with E-state index in [9.17, 15) is 0 Å². The Morgan fingerprint density at radius 2 is 0.932 bits per heavy atom. The number of benzene rings is 6. The first-order chi connectivity index (χ1) is 21.8. The summed E-state index contributed by atoms with van der Waals surface area (Å²) < 4.78 is 0. The highest BCUT2D eigenvalue weighted by Gasteiger charge is 2.45. The van der Waals surface area contributed by atoms with Crippen molar-refractivity contribution in [1.82, 2.24) is 0 Å². The Morgan fingerprint density at radius 1 is 0.477 bits per heavy atom. The smallest absolute Gasteiger partial charge is 0.0713 e. The van der Waals surface area contributed by atoms with Gasteiger partial charge < -0.3 is 4.90 Å². The third-order valence-electron chi connectivity index (χ3n) is 8.71. The number of rotatable bonds is 8. The average Bonchev–Trinajstić information content (AvgIpc) is 3.40. The fourth-order valence-corrected chi connectivity index (χ4v) is 6.81. The van der Waals surface area contributed by atoms with Crippen molar-refractivity contribution in [3.63, 3.8) is 0 Å². The second-order valence-electron chi connectivity index (χ2n) is 11.0. The molecule has 0 spiro atoms. The lowest BCUT2D eigenvalue weighted by atomic mass is 9.68. The second-order valence-corrected chi connectivity index (χ2v) is 11.0. The minimum Gasteiger partial charge on any atom is -0.311 e. The third-order valence-corrected chi connectivity index (χ3v) is 8.71. The van der Waals surface area contributed by atoms with Gasteiger partial charge in [-0.05, 0) is 80.9 Å². The number of hydrogen-bond donors (Lipinski definition) is 0. The predicted octanol–water partition coefficient (Wildman–Crippen LogP) is 11.3. The number of allylic oxidation sites excluding steroid dienone is 4. The monoisotopic (exact) mass is 563 g/mol. The van der Waals surface area contributed by atoms with E-state index < -0.39 is 5.41 Å². The maximum Gasteiger partial charge on any atom is 0.0713 e. The van der Waals surface area contributed by atoms with E-state index in [2.05, 4.69) is 176 Å². The Bertz CT molecular complexity index is 1920. The first-order valence-corrected chi connectivity index (χ1v) is 15.0. The molecule has 44 heavy (non-hydrogen) atoms. The van der Waals surface area contributed by atoms with Crippen LogP contribution in [0.15, 0.2) is 189 Å². The van der Waals surface area contributed by atoms with Crippen LogP contribution in [0.25, 0.3) is 16.7 Å². The molecule has 6 aromatic rings. The van der Waals surface area contributed by atoms with Gasteiger partial charge in [0.2, 0.25) is 0 Å². The Kier molecular flexibility index (Phi) is 7.14. The molecule has 0 saturated carbocycles. The van der Waals surface area contributed by atoms with Gasteiger partial charge in [-0.15, -0.1) is 0 Å². The molecule has 0 radical (unpaired) electrons. The minimum absolute atomic E-state index is 0.412. The van der Waals surface area contributed by atoms with Gasteiger partial charge in [0.15, 0.2) is 0 Å². The van der Waals surface area contributed by atoms with Crippen LogP contribution in [0.1, 0.15) is 27.8 Å². The summed E-state index contributed by atoms with van der Waals surface area (Å²) in [5, 5.41) is 0. The SMILES string of the molecule is C=C/C=C(\C=C)c1ccc(N(c2ccccc2)c2ccc(C3(c4ccccc4)c4ccccc4-c4ccccc43)cc2)cc1. The van der Waals surface area contributed by atoms with Crippen LogP contribution in [0.4, 0.5) is 17.1 Å². The highest BCUT2D eigenvalue weighted by Crippen LogP contribution is 2.56. The number of nitrogens with zero attached hydrogens (tertiary/aromatic N) is 1. The van der Waals surface area contributed by atoms with Gasteiger partial charge in [0.25, 0.3) is 0 Å². The molecular formula is C43H33N. The summed E-state index contributed by atoms with van der Waals surface area (Å²) in [5.74, 6) is 0. The van der Waals surface area contributed by atoms with Crippen LogP contribution >= 0.6 is 0 Å². The second kappa shape index (κ2) is 11.6. The molecule has 1 aliphatic rings. The summed E-state index contributed by atoms with van der Waals surface area (Å²) in [7, 11) is 0. The van der Waals surface area contributed by atoms with Gasteiger partial charge >= 0.3 is 0 Å². The Balaban J connectivity index is 1.39. The van der Waals surface area contributed by atoms with E-state index in [0.717, 1.165) is 28.2 Å². The average molecular weight is 564 g/mol. The zero-order valence-electron chi connectivity index (χ0n) is 24.6. The first kappa shape index (κ1) is 27.2. The maximum absolute atomic E-state index is 3.98. The number of anilines is 3. The fourth-order valence-electron chi connectivity index (χ4n) is 6.81. The van der Waals surface area contributed by atoms with Crippen LogP contribution in [-0.2, 0) is 5.41 Å². The van der Waals surface area contributed by atoms with Gasteiger partial charge in [0, 0.05) is 17.1 Å². The summed E-state index contributed by atoms with van der Waals surface area (Å²) in [6.07, 6.45) is 5.65. The van der Waals surface area contributed by atoms with Crippen molar-refractivity contribution >= 4 is 22.6 Å². The number of para-hydroxylation sites is 1. The molecule has 1 heteroatoms. The molecule has 210 valence electrons.